The molecule has 1 aliphatic carbocycles. The summed E-state index contributed by atoms with van der Waals surface area (Å²) in [6.07, 6.45) is 0.432. The molecule has 3 unspecified atom stereocenters. The van der Waals surface area contributed by atoms with Crippen LogP contribution in [0, 0.1) is 17.7 Å². The van der Waals surface area contributed by atoms with Gasteiger partial charge in [0.25, 0.3) is 0 Å². The lowest BCUT2D eigenvalue weighted by Crippen LogP contribution is -2.43. The molecule has 0 amide bonds. The van der Waals surface area contributed by atoms with Gasteiger partial charge in [0.15, 0.2) is 5.78 Å². The zero-order valence-corrected chi connectivity index (χ0v) is 18.0. The van der Waals surface area contributed by atoms with Crippen LogP contribution in [0.5, 0.6) is 0 Å². The number of dihydropyridines is 1. The van der Waals surface area contributed by atoms with Gasteiger partial charge in [-0.05, 0) is 37.0 Å². The number of nitrogens with one attached hydrogen (secondary N) is 1. The van der Waals surface area contributed by atoms with E-state index in [4.69, 9.17) is 14.2 Å². The first-order chi connectivity index (χ1) is 14.8. The fraction of sp³-hybridized carbons (Fsp3) is 0.435. The molecule has 0 saturated carbocycles. The van der Waals surface area contributed by atoms with Crippen molar-refractivity contribution < 1.29 is 33.0 Å². The SMILES string of the molecule is COCCOC(=O)C1=C(C)NC2=C(C(=O)C(C(=O)OC)C(C)C2)C1c1ccc(F)cc1. The van der Waals surface area contributed by atoms with E-state index in [1.807, 2.05) is 6.92 Å². The number of Topliss-reactive ketones (excluding diaryl/α,β-unsaturated/α-hetero) is 1. The Balaban J connectivity index is 2.11. The molecule has 0 aromatic heterocycles. The van der Waals surface area contributed by atoms with Crippen LogP contribution in [-0.4, -0.2) is 45.2 Å². The van der Waals surface area contributed by atoms with Crippen molar-refractivity contribution in [3.8, 4) is 0 Å². The second-order valence-corrected chi connectivity index (χ2v) is 7.72. The quantitative estimate of drug-likeness (QED) is 0.421. The molecule has 166 valence electrons. The molecular formula is C23H26FNO6. The minimum absolute atomic E-state index is 0.0456. The van der Waals surface area contributed by atoms with E-state index in [0.717, 1.165) is 0 Å². The molecule has 1 aromatic carbocycles. The number of hydrogen-bond donors (Lipinski definition) is 1. The van der Waals surface area contributed by atoms with Crippen LogP contribution >= 0.6 is 0 Å². The van der Waals surface area contributed by atoms with Crippen molar-refractivity contribution in [1.29, 1.82) is 0 Å². The average Bonchev–Trinajstić information content (AvgIpc) is 2.73. The Labute approximate surface area is 180 Å². The Hall–Kier alpha value is -3.00. The van der Waals surface area contributed by atoms with Crippen LogP contribution in [0.25, 0.3) is 0 Å². The fourth-order valence-corrected chi connectivity index (χ4v) is 4.24. The zero-order chi connectivity index (χ0) is 22.7. The zero-order valence-electron chi connectivity index (χ0n) is 18.0. The summed E-state index contributed by atoms with van der Waals surface area (Å²) in [5.74, 6) is -4.11. The summed E-state index contributed by atoms with van der Waals surface area (Å²) in [7, 11) is 2.74. The number of rotatable bonds is 6. The second-order valence-electron chi connectivity index (χ2n) is 7.72. The van der Waals surface area contributed by atoms with Gasteiger partial charge in [0.05, 0.1) is 19.3 Å². The molecule has 3 rings (SSSR count). The number of hydrogen-bond acceptors (Lipinski definition) is 7. The minimum atomic E-state index is -0.974. The van der Waals surface area contributed by atoms with Gasteiger partial charge >= 0.3 is 11.9 Å². The fourth-order valence-electron chi connectivity index (χ4n) is 4.24. The summed E-state index contributed by atoms with van der Waals surface area (Å²) in [6, 6.07) is 5.61. The van der Waals surface area contributed by atoms with Gasteiger partial charge < -0.3 is 19.5 Å². The standard InChI is InChI=1S/C23H26FNO6/c1-12-11-16-20(21(26)17(12)22(27)30-4)19(14-5-7-15(24)8-6-14)18(13(2)25-16)23(28)31-10-9-29-3/h5-8,12,17,19,25H,9-11H2,1-4H3. The van der Waals surface area contributed by atoms with E-state index in [1.54, 1.807) is 6.92 Å². The smallest absolute Gasteiger partial charge is 0.336 e. The second kappa shape index (κ2) is 9.43. The maximum atomic E-state index is 13.6. The topological polar surface area (TPSA) is 90.9 Å². The van der Waals surface area contributed by atoms with E-state index in [2.05, 4.69) is 5.32 Å². The number of benzene rings is 1. The van der Waals surface area contributed by atoms with Gasteiger partial charge in [-0.25, -0.2) is 9.18 Å². The third-order valence-electron chi connectivity index (χ3n) is 5.69. The molecule has 3 atom stereocenters. The van der Waals surface area contributed by atoms with Gasteiger partial charge in [-0.3, -0.25) is 9.59 Å². The van der Waals surface area contributed by atoms with E-state index in [-0.39, 0.29) is 24.7 Å². The molecule has 0 saturated heterocycles. The van der Waals surface area contributed by atoms with Crippen molar-refractivity contribution in [3.63, 3.8) is 0 Å². The van der Waals surface area contributed by atoms with Crippen molar-refractivity contribution in [2.24, 2.45) is 11.8 Å². The number of halogens is 1. The van der Waals surface area contributed by atoms with E-state index in [9.17, 15) is 18.8 Å². The lowest BCUT2D eigenvalue weighted by molar-refractivity contribution is -0.151. The highest BCUT2D eigenvalue weighted by atomic mass is 19.1. The predicted molar refractivity (Wildman–Crippen MR) is 109 cm³/mol. The summed E-state index contributed by atoms with van der Waals surface area (Å²) in [5.41, 5.74) is 2.31. The molecule has 1 aliphatic heterocycles. The Morgan fingerprint density at radius 1 is 1.16 bits per heavy atom. The maximum absolute atomic E-state index is 13.6. The lowest BCUT2D eigenvalue weighted by atomic mass is 9.69. The lowest BCUT2D eigenvalue weighted by Gasteiger charge is -2.38. The number of ether oxygens (including phenoxy) is 3. The first-order valence-corrected chi connectivity index (χ1v) is 10.0. The summed E-state index contributed by atoms with van der Waals surface area (Å²) in [6.45, 7) is 3.81. The number of ketones is 1. The van der Waals surface area contributed by atoms with Crippen LogP contribution in [0.2, 0.25) is 0 Å². The number of methoxy groups -OCH3 is 2. The third kappa shape index (κ3) is 4.39. The summed E-state index contributed by atoms with van der Waals surface area (Å²) in [4.78, 5) is 38.8. The highest BCUT2D eigenvalue weighted by molar-refractivity contribution is 6.12. The highest BCUT2D eigenvalue weighted by Gasteiger charge is 2.47. The maximum Gasteiger partial charge on any atom is 0.336 e. The van der Waals surface area contributed by atoms with Crippen LogP contribution < -0.4 is 5.32 Å². The van der Waals surface area contributed by atoms with Gasteiger partial charge in [-0.15, -0.1) is 0 Å². The molecule has 1 N–H and O–H groups in total. The normalized spacial score (nSPS) is 23.3. The van der Waals surface area contributed by atoms with E-state index in [1.165, 1.54) is 38.5 Å². The Bertz CT molecular complexity index is 949. The molecule has 7 nitrogen and oxygen atoms in total. The van der Waals surface area contributed by atoms with Crippen molar-refractivity contribution in [2.75, 3.05) is 27.4 Å². The summed E-state index contributed by atoms with van der Waals surface area (Å²) >= 11 is 0. The molecule has 0 fully saturated rings. The van der Waals surface area contributed by atoms with Crippen molar-refractivity contribution in [1.82, 2.24) is 5.32 Å². The molecule has 1 aromatic rings. The van der Waals surface area contributed by atoms with Gasteiger partial charge in [-0.1, -0.05) is 19.1 Å². The molecule has 0 bridgehead atoms. The highest BCUT2D eigenvalue weighted by Crippen LogP contribution is 2.45. The number of allylic oxidation sites excluding steroid dienone is 3. The first-order valence-electron chi connectivity index (χ1n) is 10.0. The van der Waals surface area contributed by atoms with Crippen LogP contribution in [0.3, 0.4) is 0 Å². The van der Waals surface area contributed by atoms with Gasteiger partial charge in [0.2, 0.25) is 0 Å². The third-order valence-corrected chi connectivity index (χ3v) is 5.69. The monoisotopic (exact) mass is 431 g/mol. The predicted octanol–water partition coefficient (Wildman–Crippen LogP) is 2.63. The van der Waals surface area contributed by atoms with Crippen LogP contribution in [0.1, 0.15) is 31.7 Å². The Morgan fingerprint density at radius 2 is 1.84 bits per heavy atom. The molecule has 8 heteroatoms. The van der Waals surface area contributed by atoms with Crippen LogP contribution in [0.15, 0.2) is 46.8 Å². The largest absolute Gasteiger partial charge is 0.468 e. The van der Waals surface area contributed by atoms with Crippen molar-refractivity contribution >= 4 is 17.7 Å². The molecule has 31 heavy (non-hydrogen) atoms. The van der Waals surface area contributed by atoms with E-state index in [0.29, 0.717) is 29.0 Å². The minimum Gasteiger partial charge on any atom is -0.468 e. The van der Waals surface area contributed by atoms with Crippen molar-refractivity contribution in [2.45, 2.75) is 26.2 Å². The first kappa shape index (κ1) is 22.7. The summed E-state index contributed by atoms with van der Waals surface area (Å²) in [5, 5.41) is 3.17. The van der Waals surface area contributed by atoms with E-state index >= 15 is 0 Å². The molecule has 2 aliphatic rings. The van der Waals surface area contributed by atoms with Crippen LogP contribution in [-0.2, 0) is 28.6 Å². The van der Waals surface area contributed by atoms with Crippen molar-refractivity contribution in [3.05, 3.63) is 58.2 Å². The van der Waals surface area contributed by atoms with Gasteiger partial charge in [0, 0.05) is 30.0 Å². The number of carbonyl (C=O) groups excluding carboxylic acids is 3. The molecule has 0 radical (unpaired) electrons. The van der Waals surface area contributed by atoms with Gasteiger partial charge in [-0.2, -0.15) is 0 Å². The Kier molecular flexibility index (Phi) is 6.90. The van der Waals surface area contributed by atoms with E-state index < -0.39 is 35.4 Å². The van der Waals surface area contributed by atoms with Crippen LogP contribution in [0.4, 0.5) is 4.39 Å². The van der Waals surface area contributed by atoms with Gasteiger partial charge in [0.1, 0.15) is 18.3 Å². The number of esters is 2. The average molecular weight is 431 g/mol. The molecular weight excluding hydrogens is 405 g/mol. The molecule has 1 heterocycles. The molecule has 0 spiro atoms. The summed E-state index contributed by atoms with van der Waals surface area (Å²) < 4.78 is 28.7. The number of carbonyl (C=O) groups is 3. The Morgan fingerprint density at radius 3 is 2.45 bits per heavy atom.